The Labute approximate surface area is 182 Å². The number of ether oxygens (including phenoxy) is 1. The van der Waals surface area contributed by atoms with Crippen molar-refractivity contribution < 1.29 is 9.15 Å². The van der Waals surface area contributed by atoms with E-state index in [0.29, 0.717) is 0 Å². The van der Waals surface area contributed by atoms with E-state index in [2.05, 4.69) is 27.8 Å². The Bertz CT molecular complexity index is 716. The van der Waals surface area contributed by atoms with Crippen LogP contribution in [-0.2, 0) is 16.6 Å². The SMILES string of the molecule is CN=C(NCCc1ccco1)NCC1(c2ccccc2Cl)CCOCC1.I. The van der Waals surface area contributed by atoms with Crippen LogP contribution in [0.3, 0.4) is 0 Å². The van der Waals surface area contributed by atoms with Crippen LogP contribution in [0.4, 0.5) is 0 Å². The van der Waals surface area contributed by atoms with E-state index in [1.54, 1.807) is 13.3 Å². The number of guanidine groups is 1. The monoisotopic (exact) mass is 503 g/mol. The van der Waals surface area contributed by atoms with Gasteiger partial charge in [-0.05, 0) is 36.6 Å². The van der Waals surface area contributed by atoms with Gasteiger partial charge in [-0.1, -0.05) is 29.8 Å². The average molecular weight is 504 g/mol. The number of nitrogens with zero attached hydrogens (tertiary/aromatic N) is 1. The van der Waals surface area contributed by atoms with Crippen molar-refractivity contribution >= 4 is 41.5 Å². The quantitative estimate of drug-likeness (QED) is 0.355. The maximum atomic E-state index is 6.51. The van der Waals surface area contributed by atoms with Crippen molar-refractivity contribution in [2.45, 2.75) is 24.7 Å². The molecule has 0 saturated carbocycles. The average Bonchev–Trinajstić information content (AvgIpc) is 3.19. The summed E-state index contributed by atoms with van der Waals surface area (Å²) in [5.74, 6) is 1.75. The molecule has 0 aliphatic carbocycles. The molecule has 1 aliphatic heterocycles. The molecule has 2 aromatic rings. The molecule has 5 nitrogen and oxygen atoms in total. The van der Waals surface area contributed by atoms with Gasteiger partial charge in [0.2, 0.25) is 0 Å². The number of nitrogens with one attached hydrogen (secondary N) is 2. The topological polar surface area (TPSA) is 58.8 Å². The van der Waals surface area contributed by atoms with Crippen molar-refractivity contribution in [3.8, 4) is 0 Å². The molecule has 2 N–H and O–H groups in total. The molecule has 0 bridgehead atoms. The van der Waals surface area contributed by atoms with Gasteiger partial charge in [-0.15, -0.1) is 24.0 Å². The molecule has 148 valence electrons. The third kappa shape index (κ3) is 5.86. The molecule has 0 amide bonds. The van der Waals surface area contributed by atoms with Gasteiger partial charge in [-0.2, -0.15) is 0 Å². The van der Waals surface area contributed by atoms with Gasteiger partial charge < -0.3 is 19.8 Å². The van der Waals surface area contributed by atoms with Crippen LogP contribution >= 0.6 is 35.6 Å². The van der Waals surface area contributed by atoms with E-state index < -0.39 is 0 Å². The normalized spacial score (nSPS) is 16.4. The second-order valence-corrected chi connectivity index (χ2v) is 6.96. The molecule has 1 aromatic carbocycles. The molecule has 1 saturated heterocycles. The molecular formula is C20H27ClIN3O2. The molecule has 3 rings (SSSR count). The summed E-state index contributed by atoms with van der Waals surface area (Å²) < 4.78 is 11.0. The zero-order chi connectivity index (χ0) is 18.2. The van der Waals surface area contributed by atoms with Crippen LogP contribution in [0.25, 0.3) is 0 Å². The molecule has 0 atom stereocenters. The Morgan fingerprint density at radius 1 is 1.15 bits per heavy atom. The molecule has 7 heteroatoms. The largest absolute Gasteiger partial charge is 0.469 e. The van der Waals surface area contributed by atoms with Gasteiger partial charge in [0.05, 0.1) is 6.26 Å². The summed E-state index contributed by atoms with van der Waals surface area (Å²) in [6.07, 6.45) is 4.39. The Hall–Kier alpha value is -1.25. The second-order valence-electron chi connectivity index (χ2n) is 6.55. The van der Waals surface area contributed by atoms with E-state index in [0.717, 1.165) is 62.3 Å². The summed E-state index contributed by atoms with van der Waals surface area (Å²) in [7, 11) is 1.79. The first-order valence-corrected chi connectivity index (χ1v) is 9.41. The molecular weight excluding hydrogens is 477 g/mol. The highest BCUT2D eigenvalue weighted by molar-refractivity contribution is 14.0. The van der Waals surface area contributed by atoms with E-state index in [-0.39, 0.29) is 29.4 Å². The predicted molar refractivity (Wildman–Crippen MR) is 120 cm³/mol. The minimum Gasteiger partial charge on any atom is -0.469 e. The second kappa shape index (κ2) is 10.9. The van der Waals surface area contributed by atoms with E-state index >= 15 is 0 Å². The van der Waals surface area contributed by atoms with E-state index in [1.165, 1.54) is 5.56 Å². The summed E-state index contributed by atoms with van der Waals surface area (Å²) >= 11 is 6.51. The molecule has 1 fully saturated rings. The third-order valence-electron chi connectivity index (χ3n) is 4.96. The van der Waals surface area contributed by atoms with Crippen LogP contribution in [0.5, 0.6) is 0 Å². The summed E-state index contributed by atoms with van der Waals surface area (Å²) in [5.41, 5.74) is 1.14. The maximum absolute atomic E-state index is 6.51. The first kappa shape index (κ1) is 22.0. The molecule has 27 heavy (non-hydrogen) atoms. The molecule has 0 spiro atoms. The lowest BCUT2D eigenvalue weighted by molar-refractivity contribution is 0.0514. The van der Waals surface area contributed by atoms with Gasteiger partial charge in [0.1, 0.15) is 5.76 Å². The Balaban J connectivity index is 0.00000261. The highest BCUT2D eigenvalue weighted by Crippen LogP contribution is 2.38. The van der Waals surface area contributed by atoms with E-state index in [9.17, 15) is 0 Å². The van der Waals surface area contributed by atoms with Gasteiger partial charge in [-0.3, -0.25) is 4.99 Å². The van der Waals surface area contributed by atoms with Crippen molar-refractivity contribution in [1.29, 1.82) is 0 Å². The minimum atomic E-state index is -0.0464. The number of aliphatic imine (C=N–C) groups is 1. The fraction of sp³-hybridized carbons (Fsp3) is 0.450. The Morgan fingerprint density at radius 2 is 1.93 bits per heavy atom. The molecule has 0 radical (unpaired) electrons. The summed E-state index contributed by atoms with van der Waals surface area (Å²) in [6.45, 7) is 3.02. The number of benzene rings is 1. The zero-order valence-electron chi connectivity index (χ0n) is 15.5. The van der Waals surface area contributed by atoms with Crippen LogP contribution in [0.2, 0.25) is 5.02 Å². The highest BCUT2D eigenvalue weighted by Gasteiger charge is 2.36. The molecule has 1 aliphatic rings. The van der Waals surface area contributed by atoms with Gasteiger partial charge in [0.25, 0.3) is 0 Å². The number of halogens is 2. The third-order valence-corrected chi connectivity index (χ3v) is 5.29. The Morgan fingerprint density at radius 3 is 2.59 bits per heavy atom. The van der Waals surface area contributed by atoms with Crippen molar-refractivity contribution in [2.24, 2.45) is 4.99 Å². The number of hydrogen-bond donors (Lipinski definition) is 2. The van der Waals surface area contributed by atoms with Crippen molar-refractivity contribution in [1.82, 2.24) is 10.6 Å². The summed E-state index contributed by atoms with van der Waals surface area (Å²) in [5, 5.41) is 7.64. The lowest BCUT2D eigenvalue weighted by atomic mass is 9.74. The minimum absolute atomic E-state index is 0. The van der Waals surface area contributed by atoms with Crippen molar-refractivity contribution in [3.05, 3.63) is 59.0 Å². The number of rotatable bonds is 6. The summed E-state index contributed by atoms with van der Waals surface area (Å²) in [6, 6.07) is 12.0. The first-order valence-electron chi connectivity index (χ1n) is 9.03. The van der Waals surface area contributed by atoms with Crippen LogP contribution in [-0.4, -0.2) is 39.3 Å². The number of furan rings is 1. The molecule has 0 unspecified atom stereocenters. The summed E-state index contributed by atoms with van der Waals surface area (Å²) in [4.78, 5) is 4.34. The standard InChI is InChI=1S/C20H26ClN3O2.HI/c1-22-19(23-11-8-16-5-4-12-26-16)24-15-20(9-13-25-14-10-20)17-6-2-3-7-18(17)21;/h2-7,12H,8-11,13-15H2,1H3,(H2,22,23,24);1H. The fourth-order valence-electron chi connectivity index (χ4n) is 3.43. The Kier molecular flexibility index (Phi) is 8.92. The lowest BCUT2D eigenvalue weighted by Gasteiger charge is -2.38. The number of hydrogen-bond acceptors (Lipinski definition) is 3. The van der Waals surface area contributed by atoms with Gasteiger partial charge in [0, 0.05) is 50.2 Å². The maximum Gasteiger partial charge on any atom is 0.191 e. The highest BCUT2D eigenvalue weighted by atomic mass is 127. The fourth-order valence-corrected chi connectivity index (χ4v) is 3.76. The van der Waals surface area contributed by atoms with Crippen LogP contribution in [0.1, 0.15) is 24.2 Å². The smallest absolute Gasteiger partial charge is 0.191 e. The van der Waals surface area contributed by atoms with Crippen molar-refractivity contribution in [2.75, 3.05) is 33.4 Å². The molecule has 1 aromatic heterocycles. The van der Waals surface area contributed by atoms with Gasteiger partial charge in [0.15, 0.2) is 5.96 Å². The van der Waals surface area contributed by atoms with Crippen LogP contribution < -0.4 is 10.6 Å². The van der Waals surface area contributed by atoms with Gasteiger partial charge >= 0.3 is 0 Å². The lowest BCUT2D eigenvalue weighted by Crippen LogP contribution is -2.48. The van der Waals surface area contributed by atoms with Crippen molar-refractivity contribution in [3.63, 3.8) is 0 Å². The van der Waals surface area contributed by atoms with Crippen LogP contribution in [0.15, 0.2) is 52.1 Å². The zero-order valence-corrected chi connectivity index (χ0v) is 18.6. The first-order chi connectivity index (χ1) is 12.7. The van der Waals surface area contributed by atoms with Gasteiger partial charge in [-0.25, -0.2) is 0 Å². The molecule has 2 heterocycles. The van der Waals surface area contributed by atoms with E-state index in [1.807, 2.05) is 24.3 Å². The predicted octanol–water partition coefficient (Wildman–Crippen LogP) is 4.01. The van der Waals surface area contributed by atoms with Crippen LogP contribution in [0, 0.1) is 0 Å². The van der Waals surface area contributed by atoms with E-state index in [4.69, 9.17) is 20.8 Å².